The number of carbonyl (C=O) groups is 1. The summed E-state index contributed by atoms with van der Waals surface area (Å²) in [6, 6.07) is 11.1. The van der Waals surface area contributed by atoms with E-state index in [-0.39, 0.29) is 12.1 Å². The highest BCUT2D eigenvalue weighted by Crippen LogP contribution is 2.20. The Morgan fingerprint density at radius 3 is 2.50 bits per heavy atom. The lowest BCUT2D eigenvalue weighted by Gasteiger charge is -2.07. The fourth-order valence-corrected chi connectivity index (χ4v) is 2.53. The number of aryl methyl sites for hydroxylation is 1. The van der Waals surface area contributed by atoms with Crippen molar-refractivity contribution in [3.63, 3.8) is 0 Å². The third kappa shape index (κ3) is 3.30. The van der Waals surface area contributed by atoms with E-state index in [0.29, 0.717) is 12.2 Å². The van der Waals surface area contributed by atoms with Crippen LogP contribution in [0.25, 0.3) is 0 Å². The van der Waals surface area contributed by atoms with Gasteiger partial charge in [-0.15, -0.1) is 0 Å². The van der Waals surface area contributed by atoms with Crippen molar-refractivity contribution in [2.24, 2.45) is 9.98 Å². The van der Waals surface area contributed by atoms with Crippen LogP contribution >= 0.6 is 0 Å². The minimum Gasteiger partial charge on any atom is -0.462 e. The van der Waals surface area contributed by atoms with Gasteiger partial charge >= 0.3 is 5.97 Å². The maximum atomic E-state index is 11.9. The zero-order valence-electron chi connectivity index (χ0n) is 14.0. The largest absolute Gasteiger partial charge is 0.462 e. The lowest BCUT2D eigenvalue weighted by atomic mass is 10.1. The molecule has 1 heterocycles. The molecule has 0 amide bonds. The highest BCUT2D eigenvalue weighted by molar-refractivity contribution is 5.89. The van der Waals surface area contributed by atoms with Crippen LogP contribution in [-0.4, -0.2) is 12.6 Å². The number of unbranched alkanes of at least 4 members (excludes halogenated alkanes) is 1. The molecule has 0 spiro atoms. The molecule has 0 fully saturated rings. The second-order valence-electron chi connectivity index (χ2n) is 5.94. The van der Waals surface area contributed by atoms with E-state index < -0.39 is 0 Å². The number of ether oxygens (including phenoxy) is 1. The van der Waals surface area contributed by atoms with Crippen LogP contribution in [0.15, 0.2) is 46.4 Å². The molecule has 0 saturated carbocycles. The molecule has 1 aliphatic heterocycles. The number of nitrogens with zero attached hydrogens (tertiary/aromatic N) is 2. The summed E-state index contributed by atoms with van der Waals surface area (Å²) in [7, 11) is 0. The monoisotopic (exact) mass is 323 g/mol. The summed E-state index contributed by atoms with van der Waals surface area (Å²) in [5.41, 5.74) is 9.13. The molecule has 0 aliphatic carbocycles. The van der Waals surface area contributed by atoms with Crippen molar-refractivity contribution in [2.45, 2.75) is 32.9 Å². The summed E-state index contributed by atoms with van der Waals surface area (Å²) in [5, 5.41) is 1.67. The smallest absolute Gasteiger partial charge is 0.338 e. The average Bonchev–Trinajstić information content (AvgIpc) is 2.98. The molecule has 0 bridgehead atoms. The lowest BCUT2D eigenvalue weighted by molar-refractivity contribution is 0.0499. The van der Waals surface area contributed by atoms with Gasteiger partial charge in [0, 0.05) is 5.69 Å². The van der Waals surface area contributed by atoms with Gasteiger partial charge in [-0.2, -0.15) is 0 Å². The molecule has 0 saturated heterocycles. The highest BCUT2D eigenvalue weighted by atomic mass is 16.5. The molecule has 0 unspecified atom stereocenters. The first-order chi connectivity index (χ1) is 11.6. The van der Waals surface area contributed by atoms with Crippen LogP contribution in [0, 0.1) is 6.92 Å². The molecule has 1 atom stereocenters. The quantitative estimate of drug-likeness (QED) is 0.522. The van der Waals surface area contributed by atoms with E-state index in [1.807, 2.05) is 31.2 Å². The van der Waals surface area contributed by atoms with Gasteiger partial charge in [-0.05, 0) is 48.7 Å². The maximum Gasteiger partial charge on any atom is 0.338 e. The Balaban J connectivity index is 1.77. The number of benzene rings is 2. The van der Waals surface area contributed by atoms with Crippen molar-refractivity contribution in [3.8, 4) is 0 Å². The van der Waals surface area contributed by atoms with E-state index in [1.54, 1.807) is 12.1 Å². The minimum atomic E-state index is -0.290. The molecule has 5 heteroatoms. The number of nitrogen functional groups attached to an aromatic ring is 1. The van der Waals surface area contributed by atoms with Gasteiger partial charge in [-0.1, -0.05) is 25.5 Å². The normalized spacial score (nSPS) is 15.3. The second kappa shape index (κ2) is 6.83. The van der Waals surface area contributed by atoms with Crippen LogP contribution in [0.5, 0.6) is 0 Å². The molecular weight excluding hydrogens is 302 g/mol. The summed E-state index contributed by atoms with van der Waals surface area (Å²) >= 11 is 0. The molecule has 2 aromatic carbocycles. The van der Waals surface area contributed by atoms with Gasteiger partial charge in [-0.3, -0.25) is 9.98 Å². The number of hydrogen-bond acceptors (Lipinski definition) is 5. The minimum absolute atomic E-state index is 0.286. The van der Waals surface area contributed by atoms with E-state index in [9.17, 15) is 4.79 Å². The first-order valence-corrected chi connectivity index (χ1v) is 8.17. The van der Waals surface area contributed by atoms with E-state index in [4.69, 9.17) is 10.5 Å². The van der Waals surface area contributed by atoms with Gasteiger partial charge in [0.2, 0.25) is 0 Å². The lowest BCUT2D eigenvalue weighted by Crippen LogP contribution is -2.22. The van der Waals surface area contributed by atoms with Crippen LogP contribution in [0.4, 0.5) is 5.69 Å². The summed E-state index contributed by atoms with van der Waals surface area (Å²) in [6.07, 6.45) is 1.60. The van der Waals surface area contributed by atoms with Crippen molar-refractivity contribution in [3.05, 3.63) is 63.8 Å². The van der Waals surface area contributed by atoms with Crippen LogP contribution in [0.1, 0.15) is 47.4 Å². The van der Waals surface area contributed by atoms with Crippen LogP contribution in [-0.2, 0) is 4.74 Å². The number of hydrogen-bond donors (Lipinski definition) is 1. The van der Waals surface area contributed by atoms with Crippen molar-refractivity contribution in [2.75, 3.05) is 12.3 Å². The van der Waals surface area contributed by atoms with E-state index in [1.165, 1.54) is 0 Å². The summed E-state index contributed by atoms with van der Waals surface area (Å²) in [4.78, 5) is 21.1. The van der Waals surface area contributed by atoms with Gasteiger partial charge in [0.1, 0.15) is 0 Å². The Morgan fingerprint density at radius 1 is 1.17 bits per heavy atom. The zero-order chi connectivity index (χ0) is 17.1. The predicted molar refractivity (Wildman–Crippen MR) is 92.3 cm³/mol. The third-order valence-electron chi connectivity index (χ3n) is 4.06. The molecule has 0 radical (unpaired) electrons. The fourth-order valence-electron chi connectivity index (χ4n) is 2.53. The van der Waals surface area contributed by atoms with Crippen molar-refractivity contribution >= 4 is 11.7 Å². The number of nitrogens with two attached hydrogens (primary N) is 1. The maximum absolute atomic E-state index is 11.9. The van der Waals surface area contributed by atoms with E-state index in [0.717, 1.165) is 40.4 Å². The van der Waals surface area contributed by atoms with Crippen LogP contribution in [0.3, 0.4) is 0 Å². The van der Waals surface area contributed by atoms with E-state index in [2.05, 4.69) is 16.9 Å². The first kappa shape index (κ1) is 16.2. The van der Waals surface area contributed by atoms with Gasteiger partial charge in [-0.25, -0.2) is 4.79 Å². The van der Waals surface area contributed by atoms with Gasteiger partial charge in [0.15, 0.2) is 6.17 Å². The third-order valence-corrected chi connectivity index (χ3v) is 4.06. The van der Waals surface area contributed by atoms with Crippen molar-refractivity contribution in [1.29, 1.82) is 0 Å². The summed E-state index contributed by atoms with van der Waals surface area (Å²) < 4.78 is 5.21. The molecule has 0 aromatic heterocycles. The van der Waals surface area contributed by atoms with Crippen molar-refractivity contribution < 1.29 is 9.53 Å². The molecule has 5 nitrogen and oxygen atoms in total. The highest BCUT2D eigenvalue weighted by Gasteiger charge is 2.15. The SMILES string of the molecule is CCCCOC(=O)c1ccc([C@H]2N=c3cc(C)c(N)cc3=N2)cc1. The predicted octanol–water partition coefficient (Wildman–Crippen LogP) is 2.49. The van der Waals surface area contributed by atoms with Crippen molar-refractivity contribution in [1.82, 2.24) is 0 Å². The summed E-state index contributed by atoms with van der Waals surface area (Å²) in [5.74, 6) is -0.290. The molecule has 1 aliphatic rings. The van der Waals surface area contributed by atoms with Crippen LogP contribution in [0.2, 0.25) is 0 Å². The number of fused-ring (bicyclic) bond motifs is 1. The number of rotatable bonds is 5. The molecular formula is C19H21N3O2. The topological polar surface area (TPSA) is 77.0 Å². The van der Waals surface area contributed by atoms with Gasteiger partial charge in [0.25, 0.3) is 0 Å². The van der Waals surface area contributed by atoms with Crippen LogP contribution < -0.4 is 16.4 Å². The Bertz CT molecular complexity index is 832. The van der Waals surface area contributed by atoms with E-state index >= 15 is 0 Å². The second-order valence-corrected chi connectivity index (χ2v) is 5.94. The standard InChI is InChI=1S/C19H21N3O2/c1-3-4-9-24-19(23)14-7-5-13(6-8-14)18-21-16-10-12(2)15(20)11-17(16)22-18/h5-8,10-11,18H,3-4,9,20H2,1-2H3/t18-/m0/s1. The Hall–Kier alpha value is -2.69. The fraction of sp³-hybridized carbons (Fsp3) is 0.316. The van der Waals surface area contributed by atoms with Gasteiger partial charge in [0.05, 0.1) is 22.9 Å². The molecule has 2 aromatic rings. The zero-order valence-corrected chi connectivity index (χ0v) is 14.0. The molecule has 2 N–H and O–H groups in total. The first-order valence-electron chi connectivity index (χ1n) is 8.17. The summed E-state index contributed by atoms with van der Waals surface area (Å²) in [6.45, 7) is 4.47. The van der Waals surface area contributed by atoms with Gasteiger partial charge < -0.3 is 10.5 Å². The number of esters is 1. The Kier molecular flexibility index (Phi) is 4.60. The molecule has 24 heavy (non-hydrogen) atoms. The number of anilines is 1. The number of carbonyl (C=O) groups excluding carboxylic acids is 1. The molecule has 3 rings (SSSR count). The average molecular weight is 323 g/mol. The Morgan fingerprint density at radius 2 is 1.83 bits per heavy atom. The molecule has 124 valence electrons. The Labute approximate surface area is 140 Å².